The number of fused-ring (bicyclic) bond motifs is 2. The zero-order valence-electron chi connectivity index (χ0n) is 16.0. The van der Waals surface area contributed by atoms with Gasteiger partial charge in [0.15, 0.2) is 0 Å². The van der Waals surface area contributed by atoms with Crippen LogP contribution in [0.25, 0.3) is 21.7 Å². The van der Waals surface area contributed by atoms with Gasteiger partial charge in [0.1, 0.15) is 17.7 Å². The lowest BCUT2D eigenvalue weighted by Crippen LogP contribution is -2.50. The number of hydrogen-bond donors (Lipinski definition) is 0. The molecule has 1 amide bonds. The molecular formula is C21H24N4O2. The van der Waals surface area contributed by atoms with Crippen molar-refractivity contribution in [3.63, 3.8) is 0 Å². The highest BCUT2D eigenvalue weighted by molar-refractivity contribution is 6.01. The van der Waals surface area contributed by atoms with Crippen molar-refractivity contribution < 1.29 is 9.53 Å². The Hall–Kier alpha value is -2.89. The predicted molar refractivity (Wildman–Crippen MR) is 107 cm³/mol. The van der Waals surface area contributed by atoms with Gasteiger partial charge in [-0.2, -0.15) is 0 Å². The number of amides is 1. The number of carbonyl (C=O) groups excluding carboxylic acids is 1. The molecule has 3 aromatic rings. The lowest BCUT2D eigenvalue weighted by atomic mass is 10.1. The molecule has 0 saturated carbocycles. The van der Waals surface area contributed by atoms with E-state index in [1.54, 1.807) is 11.2 Å². The Kier molecular flexibility index (Phi) is 4.34. The summed E-state index contributed by atoms with van der Waals surface area (Å²) in [5.74, 6) is 0.926. The molecule has 6 heteroatoms. The van der Waals surface area contributed by atoms with E-state index in [0.29, 0.717) is 13.1 Å². The summed E-state index contributed by atoms with van der Waals surface area (Å²) in [5.41, 5.74) is 0.464. The molecule has 0 unspecified atom stereocenters. The maximum Gasteiger partial charge on any atom is 0.410 e. The topological polar surface area (TPSA) is 58.6 Å². The van der Waals surface area contributed by atoms with Gasteiger partial charge in [-0.15, -0.1) is 0 Å². The molecule has 1 saturated heterocycles. The number of benzene rings is 2. The van der Waals surface area contributed by atoms with Crippen LogP contribution in [0, 0.1) is 0 Å². The first-order chi connectivity index (χ1) is 12.9. The number of anilines is 1. The fraction of sp³-hybridized carbons (Fsp3) is 0.381. The summed E-state index contributed by atoms with van der Waals surface area (Å²) in [4.78, 5) is 25.3. The van der Waals surface area contributed by atoms with Gasteiger partial charge in [-0.25, -0.2) is 14.8 Å². The average Bonchev–Trinajstić information content (AvgIpc) is 2.64. The van der Waals surface area contributed by atoms with Gasteiger partial charge in [-0.3, -0.25) is 0 Å². The second-order valence-electron chi connectivity index (χ2n) is 7.87. The van der Waals surface area contributed by atoms with Gasteiger partial charge in [0, 0.05) is 31.6 Å². The normalized spacial score (nSPS) is 15.4. The Labute approximate surface area is 158 Å². The van der Waals surface area contributed by atoms with Gasteiger partial charge in [-0.05, 0) is 43.7 Å². The number of carbonyl (C=O) groups is 1. The van der Waals surface area contributed by atoms with Crippen LogP contribution in [0.4, 0.5) is 10.6 Å². The predicted octanol–water partition coefficient (Wildman–Crippen LogP) is 3.84. The first kappa shape index (κ1) is 17.5. The van der Waals surface area contributed by atoms with Crippen molar-refractivity contribution in [3.8, 4) is 0 Å². The van der Waals surface area contributed by atoms with Crippen LogP contribution in [0.5, 0.6) is 0 Å². The van der Waals surface area contributed by atoms with Crippen molar-refractivity contribution >= 4 is 33.6 Å². The number of rotatable bonds is 1. The molecule has 27 heavy (non-hydrogen) atoms. The van der Waals surface area contributed by atoms with Crippen molar-refractivity contribution in [2.75, 3.05) is 31.1 Å². The van der Waals surface area contributed by atoms with E-state index < -0.39 is 5.60 Å². The van der Waals surface area contributed by atoms with Crippen LogP contribution in [0.3, 0.4) is 0 Å². The van der Waals surface area contributed by atoms with E-state index in [0.717, 1.165) is 29.8 Å². The summed E-state index contributed by atoms with van der Waals surface area (Å²) in [5, 5.41) is 3.39. The zero-order valence-corrected chi connectivity index (χ0v) is 16.0. The molecule has 140 valence electrons. The van der Waals surface area contributed by atoms with Crippen LogP contribution in [0.2, 0.25) is 0 Å². The summed E-state index contributed by atoms with van der Waals surface area (Å²) in [6.45, 7) is 8.34. The van der Waals surface area contributed by atoms with E-state index in [-0.39, 0.29) is 6.09 Å². The fourth-order valence-electron chi connectivity index (χ4n) is 3.41. The van der Waals surface area contributed by atoms with E-state index in [2.05, 4.69) is 39.1 Å². The van der Waals surface area contributed by atoms with E-state index in [9.17, 15) is 4.79 Å². The van der Waals surface area contributed by atoms with Crippen molar-refractivity contribution in [3.05, 3.63) is 42.7 Å². The van der Waals surface area contributed by atoms with Gasteiger partial charge in [0.25, 0.3) is 0 Å². The molecule has 0 radical (unpaired) electrons. The molecule has 0 N–H and O–H groups in total. The lowest BCUT2D eigenvalue weighted by molar-refractivity contribution is 0.0240. The Morgan fingerprint density at radius 1 is 1.00 bits per heavy atom. The lowest BCUT2D eigenvalue weighted by Gasteiger charge is -2.36. The largest absolute Gasteiger partial charge is 0.444 e. The molecule has 2 heterocycles. The number of hydrogen-bond acceptors (Lipinski definition) is 5. The van der Waals surface area contributed by atoms with Crippen molar-refractivity contribution in [2.24, 2.45) is 0 Å². The highest BCUT2D eigenvalue weighted by Crippen LogP contribution is 2.28. The number of aromatic nitrogens is 2. The van der Waals surface area contributed by atoms with Crippen molar-refractivity contribution in [1.82, 2.24) is 14.9 Å². The highest BCUT2D eigenvalue weighted by Gasteiger charge is 2.27. The third-order valence-corrected chi connectivity index (χ3v) is 4.71. The van der Waals surface area contributed by atoms with Gasteiger partial charge in [0.2, 0.25) is 0 Å². The quantitative estimate of drug-likeness (QED) is 0.614. The van der Waals surface area contributed by atoms with Crippen LogP contribution in [-0.4, -0.2) is 52.7 Å². The monoisotopic (exact) mass is 364 g/mol. The van der Waals surface area contributed by atoms with Gasteiger partial charge in [0.05, 0.1) is 5.52 Å². The van der Waals surface area contributed by atoms with Crippen molar-refractivity contribution in [1.29, 1.82) is 0 Å². The first-order valence-corrected chi connectivity index (χ1v) is 9.27. The van der Waals surface area contributed by atoms with E-state index in [4.69, 9.17) is 4.74 Å². The summed E-state index contributed by atoms with van der Waals surface area (Å²) in [6, 6.07) is 12.5. The van der Waals surface area contributed by atoms with Crippen LogP contribution in [-0.2, 0) is 4.74 Å². The summed E-state index contributed by atoms with van der Waals surface area (Å²) >= 11 is 0. The highest BCUT2D eigenvalue weighted by atomic mass is 16.6. The summed E-state index contributed by atoms with van der Waals surface area (Å²) in [6.07, 6.45) is 1.37. The maximum atomic E-state index is 12.3. The molecule has 2 aromatic carbocycles. The van der Waals surface area contributed by atoms with Gasteiger partial charge in [-0.1, -0.05) is 24.3 Å². The molecular weight excluding hydrogens is 340 g/mol. The van der Waals surface area contributed by atoms with Crippen LogP contribution in [0.15, 0.2) is 42.7 Å². The minimum Gasteiger partial charge on any atom is -0.444 e. The molecule has 6 nitrogen and oxygen atoms in total. The Morgan fingerprint density at radius 2 is 1.67 bits per heavy atom. The van der Waals surface area contributed by atoms with E-state index in [1.807, 2.05) is 32.9 Å². The Morgan fingerprint density at radius 3 is 2.33 bits per heavy atom. The zero-order chi connectivity index (χ0) is 19.0. The fourth-order valence-corrected chi connectivity index (χ4v) is 3.41. The summed E-state index contributed by atoms with van der Waals surface area (Å²) in [7, 11) is 0. The number of nitrogens with zero attached hydrogens (tertiary/aromatic N) is 4. The molecule has 0 atom stereocenters. The minimum atomic E-state index is -0.474. The smallest absolute Gasteiger partial charge is 0.410 e. The van der Waals surface area contributed by atoms with E-state index in [1.165, 1.54) is 10.8 Å². The van der Waals surface area contributed by atoms with Crippen LogP contribution < -0.4 is 4.90 Å². The molecule has 1 aromatic heterocycles. The first-order valence-electron chi connectivity index (χ1n) is 9.27. The third-order valence-electron chi connectivity index (χ3n) is 4.71. The molecule has 1 fully saturated rings. The number of piperazine rings is 1. The maximum absolute atomic E-state index is 12.3. The molecule has 4 rings (SSSR count). The van der Waals surface area contributed by atoms with Crippen molar-refractivity contribution in [2.45, 2.75) is 26.4 Å². The standard InChI is InChI=1S/C21H24N4O2/c1-21(2,3)27-20(26)25-10-8-24(9-11-25)19-17-12-15-6-4-5-7-16(15)13-18(17)22-14-23-19/h4-7,12-14H,8-11H2,1-3H3. The SMILES string of the molecule is CC(C)(C)OC(=O)N1CCN(c2ncnc3cc4ccccc4cc23)CC1. The average molecular weight is 364 g/mol. The van der Waals surface area contributed by atoms with Gasteiger partial charge >= 0.3 is 6.09 Å². The van der Waals surface area contributed by atoms with Crippen LogP contribution in [0.1, 0.15) is 20.8 Å². The molecule has 1 aliphatic rings. The van der Waals surface area contributed by atoms with Crippen LogP contribution >= 0.6 is 0 Å². The van der Waals surface area contributed by atoms with E-state index >= 15 is 0 Å². The third kappa shape index (κ3) is 3.65. The summed E-state index contributed by atoms with van der Waals surface area (Å²) < 4.78 is 5.48. The second-order valence-corrected chi connectivity index (χ2v) is 7.87. The van der Waals surface area contributed by atoms with Gasteiger partial charge < -0.3 is 14.5 Å². The number of ether oxygens (including phenoxy) is 1. The molecule has 0 aliphatic carbocycles. The molecule has 0 bridgehead atoms. The Bertz CT molecular complexity index is 988. The Balaban J connectivity index is 1.57. The second kappa shape index (κ2) is 6.68. The minimum absolute atomic E-state index is 0.249. The molecule has 1 aliphatic heterocycles. The molecule has 0 spiro atoms.